The molecule has 2 aromatic heterocycles. The highest BCUT2D eigenvalue weighted by molar-refractivity contribution is 6.13. The molecule has 0 radical (unpaired) electrons. The smallest absolute Gasteiger partial charge is 0.294 e. The van der Waals surface area contributed by atoms with E-state index in [-0.39, 0.29) is 11.0 Å². The number of para-hydroxylation sites is 1. The molecule has 5 aromatic rings. The van der Waals surface area contributed by atoms with Crippen molar-refractivity contribution in [2.75, 3.05) is 0 Å². The van der Waals surface area contributed by atoms with E-state index in [1.807, 2.05) is 0 Å². The summed E-state index contributed by atoms with van der Waals surface area (Å²) in [6.07, 6.45) is 9.04. The highest BCUT2D eigenvalue weighted by Crippen LogP contribution is 2.50. The molecule has 1 aliphatic heterocycles. The minimum Gasteiger partial charge on any atom is -0.340 e. The Morgan fingerprint density at radius 2 is 1.49 bits per heavy atom. The molecule has 6 rings (SSSR count). The van der Waals surface area contributed by atoms with Crippen molar-refractivity contribution in [2.45, 2.75) is 92.0 Å². The first-order chi connectivity index (χ1) is 19.6. The number of nitrogens with zero attached hydrogens (tertiary/aromatic N) is 3. The van der Waals surface area contributed by atoms with Crippen LogP contribution < -0.4 is 4.57 Å². The maximum absolute atomic E-state index is 2.62. The summed E-state index contributed by atoms with van der Waals surface area (Å²) in [4.78, 5) is 0. The second kappa shape index (κ2) is 9.89. The molecule has 2 atom stereocenters. The largest absolute Gasteiger partial charge is 0.340 e. The Balaban J connectivity index is 1.79. The summed E-state index contributed by atoms with van der Waals surface area (Å²) in [7, 11) is 2.27. The molecular weight excluding hydrogens is 498 g/mol. The van der Waals surface area contributed by atoms with E-state index in [4.69, 9.17) is 0 Å². The molecule has 0 bridgehead atoms. The lowest BCUT2D eigenvalue weighted by Gasteiger charge is -2.47. The van der Waals surface area contributed by atoms with E-state index in [2.05, 4.69) is 143 Å². The Hall–Kier alpha value is -3.33. The number of hydrogen-bond acceptors (Lipinski definition) is 0. The van der Waals surface area contributed by atoms with Gasteiger partial charge in [-0.3, -0.25) is 0 Å². The molecule has 0 aliphatic carbocycles. The minimum absolute atomic E-state index is 0.0372. The van der Waals surface area contributed by atoms with Gasteiger partial charge in [0.15, 0.2) is 5.69 Å². The molecule has 0 amide bonds. The summed E-state index contributed by atoms with van der Waals surface area (Å²) in [6, 6.07) is 20.8. The highest BCUT2D eigenvalue weighted by atomic mass is 15.2. The zero-order valence-corrected chi connectivity index (χ0v) is 26.7. The van der Waals surface area contributed by atoms with Crippen LogP contribution in [0.3, 0.4) is 0 Å². The molecule has 3 aromatic carbocycles. The normalized spacial score (nSPS) is 20.4. The van der Waals surface area contributed by atoms with Crippen LogP contribution in [0.5, 0.6) is 0 Å². The molecular formula is C38H48N3+. The molecule has 3 nitrogen and oxygen atoms in total. The summed E-state index contributed by atoms with van der Waals surface area (Å²) in [5, 5.41) is 2.79. The summed E-state index contributed by atoms with van der Waals surface area (Å²) >= 11 is 0. The standard InChI is InChI=1S/C38H48N3/c1-10-37(7)31-18-14-12-16-29(31)36-40(20-21-41(36)38(37,8)11-2)34-28(23-26(5)6)24-27(22-25(3)4)33-30-17-13-15-19-32(30)39(9)35(33)34/h12-21,24-26H,10-11,22-23H2,1-9H3/q+1. The van der Waals surface area contributed by atoms with Crippen molar-refractivity contribution in [1.29, 1.82) is 0 Å². The van der Waals surface area contributed by atoms with Crippen molar-refractivity contribution in [3.05, 3.63) is 83.7 Å². The predicted octanol–water partition coefficient (Wildman–Crippen LogP) is 9.28. The Kier molecular flexibility index (Phi) is 6.71. The molecule has 0 fully saturated rings. The van der Waals surface area contributed by atoms with Crippen LogP contribution in [0.15, 0.2) is 67.0 Å². The molecule has 3 heteroatoms. The third-order valence-corrected chi connectivity index (χ3v) is 10.5. The molecule has 214 valence electrons. The quantitative estimate of drug-likeness (QED) is 0.181. The maximum atomic E-state index is 2.62. The fourth-order valence-corrected chi connectivity index (χ4v) is 8.04. The molecule has 41 heavy (non-hydrogen) atoms. The average Bonchev–Trinajstić information content (AvgIpc) is 3.52. The highest BCUT2D eigenvalue weighted by Gasteiger charge is 2.55. The second-order valence-electron chi connectivity index (χ2n) is 13.8. The Labute approximate surface area is 246 Å². The maximum Gasteiger partial charge on any atom is 0.294 e. The number of benzene rings is 3. The number of aromatic nitrogens is 3. The van der Waals surface area contributed by atoms with Crippen molar-refractivity contribution < 1.29 is 4.57 Å². The van der Waals surface area contributed by atoms with Crippen LogP contribution >= 0.6 is 0 Å². The van der Waals surface area contributed by atoms with Crippen LogP contribution in [-0.4, -0.2) is 9.13 Å². The van der Waals surface area contributed by atoms with Gasteiger partial charge in [0.25, 0.3) is 5.82 Å². The summed E-state index contributed by atoms with van der Waals surface area (Å²) in [5.74, 6) is 2.46. The fraction of sp³-hybridized carbons (Fsp3) is 0.447. The first-order valence-electron chi connectivity index (χ1n) is 15.8. The SMILES string of the molecule is CCC1(C)c2ccccc2-c2n(-c3c(CC(C)C)cc(CC(C)C)c4c5ccccc5n(C)c34)cc[n+]2C1(C)CC. The van der Waals surface area contributed by atoms with Crippen LogP contribution in [0.1, 0.15) is 84.9 Å². The molecule has 2 unspecified atom stereocenters. The van der Waals surface area contributed by atoms with Crippen molar-refractivity contribution >= 4 is 21.8 Å². The van der Waals surface area contributed by atoms with E-state index in [0.29, 0.717) is 11.8 Å². The molecule has 0 spiro atoms. The zero-order valence-electron chi connectivity index (χ0n) is 26.7. The van der Waals surface area contributed by atoms with E-state index >= 15 is 0 Å². The molecule has 1 aliphatic rings. The zero-order chi connectivity index (χ0) is 29.3. The van der Waals surface area contributed by atoms with Crippen LogP contribution in [0.2, 0.25) is 0 Å². The van der Waals surface area contributed by atoms with Gasteiger partial charge in [-0.15, -0.1) is 0 Å². The Bertz CT molecular complexity index is 1760. The van der Waals surface area contributed by atoms with E-state index < -0.39 is 0 Å². The van der Waals surface area contributed by atoms with Crippen LogP contribution in [0.25, 0.3) is 38.9 Å². The van der Waals surface area contributed by atoms with Gasteiger partial charge in [0.05, 0.1) is 11.1 Å². The third kappa shape index (κ3) is 3.87. The predicted molar refractivity (Wildman–Crippen MR) is 174 cm³/mol. The fourth-order valence-electron chi connectivity index (χ4n) is 8.04. The third-order valence-electron chi connectivity index (χ3n) is 10.5. The van der Waals surface area contributed by atoms with E-state index in [1.54, 1.807) is 0 Å². The molecule has 0 saturated carbocycles. The van der Waals surface area contributed by atoms with Gasteiger partial charge in [-0.1, -0.05) is 90.9 Å². The van der Waals surface area contributed by atoms with E-state index in [0.717, 1.165) is 25.7 Å². The summed E-state index contributed by atoms with van der Waals surface area (Å²) in [5.41, 5.74) is 9.79. The van der Waals surface area contributed by atoms with Crippen molar-refractivity contribution in [1.82, 2.24) is 9.13 Å². The van der Waals surface area contributed by atoms with E-state index in [9.17, 15) is 0 Å². The number of aryl methyl sites for hydroxylation is 1. The van der Waals surface area contributed by atoms with Crippen LogP contribution in [0, 0.1) is 11.8 Å². The van der Waals surface area contributed by atoms with Gasteiger partial charge in [-0.25, -0.2) is 4.57 Å². The van der Waals surface area contributed by atoms with E-state index in [1.165, 1.54) is 55.6 Å². The number of hydrogen-bond donors (Lipinski definition) is 0. The second-order valence-corrected chi connectivity index (χ2v) is 13.8. The Morgan fingerprint density at radius 3 is 2.17 bits per heavy atom. The first-order valence-corrected chi connectivity index (χ1v) is 15.8. The lowest BCUT2D eigenvalue weighted by atomic mass is 9.61. The number of fused-ring (bicyclic) bond motifs is 6. The number of rotatable bonds is 7. The van der Waals surface area contributed by atoms with Crippen molar-refractivity contribution in [3.63, 3.8) is 0 Å². The van der Waals surface area contributed by atoms with Gasteiger partial charge in [-0.2, -0.15) is 4.57 Å². The topological polar surface area (TPSA) is 13.7 Å². The lowest BCUT2D eigenvalue weighted by Crippen LogP contribution is -2.67. The van der Waals surface area contributed by atoms with Crippen molar-refractivity contribution in [2.24, 2.45) is 18.9 Å². The van der Waals surface area contributed by atoms with Crippen LogP contribution in [-0.2, 0) is 30.8 Å². The minimum atomic E-state index is -0.0372. The van der Waals surface area contributed by atoms with Gasteiger partial charge in [-0.05, 0) is 67.7 Å². The van der Waals surface area contributed by atoms with Gasteiger partial charge >= 0.3 is 0 Å². The monoisotopic (exact) mass is 546 g/mol. The molecule has 0 N–H and O–H groups in total. The van der Waals surface area contributed by atoms with Gasteiger partial charge in [0.1, 0.15) is 17.9 Å². The average molecular weight is 547 g/mol. The first kappa shape index (κ1) is 27.8. The van der Waals surface area contributed by atoms with Gasteiger partial charge in [0.2, 0.25) is 0 Å². The van der Waals surface area contributed by atoms with Gasteiger partial charge < -0.3 is 4.57 Å². The molecule has 0 saturated heterocycles. The summed E-state index contributed by atoms with van der Waals surface area (Å²) < 4.78 is 7.64. The molecule has 3 heterocycles. The Morgan fingerprint density at radius 1 is 0.829 bits per heavy atom. The summed E-state index contributed by atoms with van der Waals surface area (Å²) in [6.45, 7) is 19.1. The lowest BCUT2D eigenvalue weighted by molar-refractivity contribution is -0.764. The van der Waals surface area contributed by atoms with Crippen LogP contribution in [0.4, 0.5) is 0 Å². The van der Waals surface area contributed by atoms with Crippen molar-refractivity contribution in [3.8, 4) is 17.1 Å². The number of imidazole rings is 1. The van der Waals surface area contributed by atoms with Gasteiger partial charge in [0, 0.05) is 34.3 Å².